The van der Waals surface area contributed by atoms with Crippen LogP contribution in [0.1, 0.15) is 29.2 Å². The highest BCUT2D eigenvalue weighted by Crippen LogP contribution is 2.45. The van der Waals surface area contributed by atoms with Crippen molar-refractivity contribution in [3.8, 4) is 0 Å². The lowest BCUT2D eigenvalue weighted by atomic mass is 9.76. The Labute approximate surface area is 165 Å². The van der Waals surface area contributed by atoms with E-state index in [4.69, 9.17) is 19.8 Å². The van der Waals surface area contributed by atoms with E-state index in [9.17, 15) is 13.2 Å². The van der Waals surface area contributed by atoms with Crippen molar-refractivity contribution in [2.45, 2.75) is 24.7 Å². The van der Waals surface area contributed by atoms with E-state index in [0.29, 0.717) is 16.7 Å². The highest BCUT2D eigenvalue weighted by molar-refractivity contribution is 6.44. The van der Waals surface area contributed by atoms with Gasteiger partial charge in [-0.3, -0.25) is 10.2 Å². The molecular weight excluding hydrogens is 387 g/mol. The quantitative estimate of drug-likeness (QED) is 0.449. The molecule has 1 saturated heterocycles. The second-order valence-electron chi connectivity index (χ2n) is 6.46. The average Bonchev–Trinajstić information content (AvgIpc) is 2.71. The maximum absolute atomic E-state index is 13.3. The van der Waals surface area contributed by atoms with Gasteiger partial charge in [0.05, 0.1) is 18.7 Å². The molecule has 1 aliphatic heterocycles. The lowest BCUT2D eigenvalue weighted by Crippen LogP contribution is -2.63. The Bertz CT molecular complexity index is 946. The minimum Gasteiger partial charge on any atom is -0.480 e. The van der Waals surface area contributed by atoms with Crippen LogP contribution in [0.3, 0.4) is 0 Å². The first kappa shape index (κ1) is 20.8. The molecule has 1 fully saturated rings. The summed E-state index contributed by atoms with van der Waals surface area (Å²) in [4.78, 5) is 10.6. The number of hydroxylamine groups is 1. The van der Waals surface area contributed by atoms with Crippen LogP contribution in [0.2, 0.25) is 0 Å². The predicted molar refractivity (Wildman–Crippen MR) is 101 cm³/mol. The Kier molecular flexibility index (Phi) is 5.63. The van der Waals surface area contributed by atoms with Crippen molar-refractivity contribution in [2.75, 3.05) is 14.2 Å². The molecular formula is C20H20F3N3O3. The fourth-order valence-electron chi connectivity index (χ4n) is 3.39. The average molecular weight is 407 g/mol. The first-order chi connectivity index (χ1) is 13.8. The van der Waals surface area contributed by atoms with Gasteiger partial charge in [0.2, 0.25) is 5.90 Å². The van der Waals surface area contributed by atoms with Crippen molar-refractivity contribution in [3.05, 3.63) is 70.8 Å². The van der Waals surface area contributed by atoms with E-state index in [1.54, 1.807) is 37.3 Å². The molecule has 2 N–H and O–H groups in total. The summed E-state index contributed by atoms with van der Waals surface area (Å²) in [5.41, 5.74) is 2.17. The summed E-state index contributed by atoms with van der Waals surface area (Å²) in [6.07, 6.45) is -4.49. The third kappa shape index (κ3) is 3.58. The van der Waals surface area contributed by atoms with Crippen LogP contribution in [-0.4, -0.2) is 31.9 Å². The number of benzene rings is 2. The van der Waals surface area contributed by atoms with Crippen LogP contribution >= 0.6 is 0 Å². The third-order valence-electron chi connectivity index (χ3n) is 4.81. The Morgan fingerprint density at radius 3 is 2.45 bits per heavy atom. The number of nitrogens with one attached hydrogen (secondary N) is 2. The van der Waals surface area contributed by atoms with Crippen molar-refractivity contribution in [1.82, 2.24) is 5.48 Å². The van der Waals surface area contributed by atoms with Crippen LogP contribution in [0.15, 0.2) is 53.7 Å². The number of alkyl halides is 3. The van der Waals surface area contributed by atoms with E-state index < -0.39 is 17.3 Å². The van der Waals surface area contributed by atoms with Gasteiger partial charge in [-0.2, -0.15) is 18.7 Å². The number of ether oxygens (including phenoxy) is 1. The lowest BCUT2D eigenvalue weighted by molar-refractivity contribution is -0.225. The van der Waals surface area contributed by atoms with Crippen molar-refractivity contribution >= 4 is 11.6 Å². The van der Waals surface area contributed by atoms with Gasteiger partial charge in [0.15, 0.2) is 11.3 Å². The number of rotatable bonds is 5. The van der Waals surface area contributed by atoms with Crippen LogP contribution in [-0.2, 0) is 26.2 Å². The SMILES string of the molecule is CO/N=C(/C(=N)OC)c1ccccc1C1(c2cccc(C(F)(F)F)c2)ONC1C. The number of halogens is 3. The van der Waals surface area contributed by atoms with Gasteiger partial charge in [0.25, 0.3) is 0 Å². The lowest BCUT2D eigenvalue weighted by Gasteiger charge is -2.49. The van der Waals surface area contributed by atoms with Crippen molar-refractivity contribution in [1.29, 1.82) is 5.41 Å². The van der Waals surface area contributed by atoms with Gasteiger partial charge >= 0.3 is 6.18 Å². The van der Waals surface area contributed by atoms with Crippen molar-refractivity contribution in [2.24, 2.45) is 5.16 Å². The molecule has 0 amide bonds. The van der Waals surface area contributed by atoms with Gasteiger partial charge in [-0.25, -0.2) is 0 Å². The molecule has 1 aliphatic rings. The van der Waals surface area contributed by atoms with Crippen LogP contribution in [0.5, 0.6) is 0 Å². The summed E-state index contributed by atoms with van der Waals surface area (Å²) in [6.45, 7) is 1.80. The normalized spacial score (nSPS) is 22.0. The minimum atomic E-state index is -4.49. The number of oxime groups is 1. The highest BCUT2D eigenvalue weighted by atomic mass is 19.4. The van der Waals surface area contributed by atoms with Gasteiger partial charge in [0.1, 0.15) is 7.11 Å². The number of nitrogens with zero attached hydrogens (tertiary/aromatic N) is 1. The van der Waals surface area contributed by atoms with E-state index in [1.165, 1.54) is 20.3 Å². The monoisotopic (exact) mass is 407 g/mol. The maximum Gasteiger partial charge on any atom is 0.416 e. The minimum absolute atomic E-state index is 0.0969. The predicted octanol–water partition coefficient (Wildman–Crippen LogP) is 3.85. The number of hydrogen-bond acceptors (Lipinski definition) is 6. The zero-order valence-corrected chi connectivity index (χ0v) is 16.0. The van der Waals surface area contributed by atoms with Crippen LogP contribution in [0, 0.1) is 5.41 Å². The molecule has 29 heavy (non-hydrogen) atoms. The second-order valence-corrected chi connectivity index (χ2v) is 6.46. The third-order valence-corrected chi connectivity index (χ3v) is 4.81. The molecule has 0 aliphatic carbocycles. The molecule has 0 spiro atoms. The molecule has 2 unspecified atom stereocenters. The Morgan fingerprint density at radius 1 is 1.17 bits per heavy atom. The second kappa shape index (κ2) is 7.84. The number of methoxy groups -OCH3 is 1. The Hall–Kier alpha value is -2.91. The molecule has 1 heterocycles. The standard InChI is InChI=1S/C20H20F3N3O3/c1-12-19(29-25-12,13-7-6-8-14(11-13)20(21,22)23)16-10-5-4-9-15(16)17(26-28-3)18(24)27-2/h4-12,24-25H,1-3H3/b24-18?,26-17+. The summed E-state index contributed by atoms with van der Waals surface area (Å²) in [5, 5.41) is 11.9. The smallest absolute Gasteiger partial charge is 0.416 e. The summed E-state index contributed by atoms with van der Waals surface area (Å²) in [6, 6.07) is 11.5. The van der Waals surface area contributed by atoms with E-state index >= 15 is 0 Å². The molecule has 154 valence electrons. The zero-order valence-electron chi connectivity index (χ0n) is 16.0. The molecule has 0 radical (unpaired) electrons. The van der Waals surface area contributed by atoms with Gasteiger partial charge < -0.3 is 9.57 Å². The molecule has 0 aromatic heterocycles. The van der Waals surface area contributed by atoms with Crippen LogP contribution in [0.4, 0.5) is 13.2 Å². The molecule has 0 bridgehead atoms. The van der Waals surface area contributed by atoms with E-state index in [1.807, 2.05) is 0 Å². The maximum atomic E-state index is 13.3. The van der Waals surface area contributed by atoms with Gasteiger partial charge in [-0.15, -0.1) is 0 Å². The van der Waals surface area contributed by atoms with Crippen molar-refractivity contribution in [3.63, 3.8) is 0 Å². The highest BCUT2D eigenvalue weighted by Gasteiger charge is 2.51. The summed E-state index contributed by atoms with van der Waals surface area (Å²) in [5.74, 6) is -0.251. The first-order valence-electron chi connectivity index (χ1n) is 8.71. The Balaban J connectivity index is 2.23. The van der Waals surface area contributed by atoms with Gasteiger partial charge in [0, 0.05) is 11.1 Å². The molecule has 2 aromatic carbocycles. The zero-order chi connectivity index (χ0) is 21.2. The topological polar surface area (TPSA) is 75.9 Å². The first-order valence-corrected chi connectivity index (χ1v) is 8.71. The summed E-state index contributed by atoms with van der Waals surface area (Å²) >= 11 is 0. The largest absolute Gasteiger partial charge is 0.480 e. The molecule has 6 nitrogen and oxygen atoms in total. The fraction of sp³-hybridized carbons (Fsp3) is 0.300. The fourth-order valence-corrected chi connectivity index (χ4v) is 3.39. The van der Waals surface area contributed by atoms with Gasteiger partial charge in [-0.05, 0) is 24.6 Å². The molecule has 0 saturated carbocycles. The van der Waals surface area contributed by atoms with E-state index in [2.05, 4.69) is 10.6 Å². The van der Waals surface area contributed by atoms with E-state index in [0.717, 1.165) is 12.1 Å². The summed E-state index contributed by atoms with van der Waals surface area (Å²) in [7, 11) is 2.65. The molecule has 3 rings (SSSR count). The Morgan fingerprint density at radius 2 is 1.90 bits per heavy atom. The molecule has 2 atom stereocenters. The van der Waals surface area contributed by atoms with E-state index in [-0.39, 0.29) is 17.7 Å². The van der Waals surface area contributed by atoms with Crippen LogP contribution < -0.4 is 5.48 Å². The van der Waals surface area contributed by atoms with Crippen molar-refractivity contribution < 1.29 is 27.6 Å². The molecule has 9 heteroatoms. The summed E-state index contributed by atoms with van der Waals surface area (Å²) < 4.78 is 44.9. The van der Waals surface area contributed by atoms with Crippen LogP contribution in [0.25, 0.3) is 0 Å². The molecule has 2 aromatic rings. The van der Waals surface area contributed by atoms with Gasteiger partial charge in [-0.1, -0.05) is 41.6 Å². The number of hydrogen-bond donors (Lipinski definition) is 2.